The first kappa shape index (κ1) is 17.6. The van der Waals surface area contributed by atoms with Crippen LogP contribution in [0.1, 0.15) is 20.8 Å². The van der Waals surface area contributed by atoms with E-state index in [-0.39, 0.29) is 17.3 Å². The van der Waals surface area contributed by atoms with Gasteiger partial charge in [0.05, 0.1) is 4.90 Å². The Morgan fingerprint density at radius 3 is 2.33 bits per heavy atom. The van der Waals surface area contributed by atoms with E-state index in [1.807, 2.05) is 13.8 Å². The van der Waals surface area contributed by atoms with Crippen molar-refractivity contribution in [1.82, 2.24) is 9.62 Å². The fraction of sp³-hybridized carbons (Fsp3) is 0.500. The Kier molecular flexibility index (Phi) is 6.29. The van der Waals surface area contributed by atoms with E-state index in [0.717, 1.165) is 12.1 Å². The third-order valence-electron chi connectivity index (χ3n) is 2.83. The third kappa shape index (κ3) is 5.81. The topological polar surface area (TPSA) is 66.5 Å². The fourth-order valence-electron chi connectivity index (χ4n) is 1.83. The Balaban J connectivity index is 2.61. The monoisotopic (exact) mass is 316 g/mol. The van der Waals surface area contributed by atoms with Crippen LogP contribution < -0.4 is 4.72 Å². The zero-order valence-corrected chi connectivity index (χ0v) is 13.3. The Bertz CT molecular complexity index is 570. The number of nitrogens with zero attached hydrogens (tertiary/aromatic N) is 1. The second kappa shape index (κ2) is 7.51. The lowest BCUT2D eigenvalue weighted by atomic mass is 10.2. The number of amides is 1. The van der Waals surface area contributed by atoms with Crippen LogP contribution in [0.2, 0.25) is 0 Å². The second-order valence-electron chi connectivity index (χ2n) is 5.21. The van der Waals surface area contributed by atoms with Crippen molar-refractivity contribution in [1.29, 1.82) is 0 Å². The summed E-state index contributed by atoms with van der Waals surface area (Å²) in [5.41, 5.74) is 0. The number of rotatable bonds is 7. The maximum Gasteiger partial charge on any atom is 0.240 e. The van der Waals surface area contributed by atoms with Crippen LogP contribution in [0.15, 0.2) is 29.2 Å². The number of carbonyl (C=O) groups is 1. The first-order valence-electron chi connectivity index (χ1n) is 6.73. The average molecular weight is 316 g/mol. The highest BCUT2D eigenvalue weighted by molar-refractivity contribution is 7.89. The van der Waals surface area contributed by atoms with E-state index in [0.29, 0.717) is 19.0 Å². The molecule has 0 bridgehead atoms. The van der Waals surface area contributed by atoms with Gasteiger partial charge in [-0.05, 0) is 30.2 Å². The van der Waals surface area contributed by atoms with Crippen LogP contribution in [0.25, 0.3) is 0 Å². The van der Waals surface area contributed by atoms with Gasteiger partial charge in [0.15, 0.2) is 0 Å². The predicted octanol–water partition coefficient (Wildman–Crippen LogP) is 1.61. The van der Waals surface area contributed by atoms with Crippen molar-refractivity contribution in [3.63, 3.8) is 0 Å². The van der Waals surface area contributed by atoms with Crippen molar-refractivity contribution >= 4 is 15.9 Å². The van der Waals surface area contributed by atoms with Crippen LogP contribution in [0, 0.1) is 11.7 Å². The Morgan fingerprint density at radius 2 is 1.86 bits per heavy atom. The summed E-state index contributed by atoms with van der Waals surface area (Å²) < 4.78 is 39.2. The van der Waals surface area contributed by atoms with E-state index < -0.39 is 15.8 Å². The van der Waals surface area contributed by atoms with E-state index in [1.165, 1.54) is 19.1 Å². The Hall–Kier alpha value is -1.47. The first-order valence-corrected chi connectivity index (χ1v) is 8.21. The molecule has 1 rings (SSSR count). The SMILES string of the molecule is CC(=O)N(CCNS(=O)(=O)c1ccc(F)cc1)CC(C)C. The highest BCUT2D eigenvalue weighted by atomic mass is 32.2. The van der Waals surface area contributed by atoms with Gasteiger partial charge in [-0.3, -0.25) is 4.79 Å². The molecule has 1 aromatic rings. The van der Waals surface area contributed by atoms with Gasteiger partial charge in [0.25, 0.3) is 0 Å². The van der Waals surface area contributed by atoms with Gasteiger partial charge >= 0.3 is 0 Å². The quantitative estimate of drug-likeness (QED) is 0.831. The summed E-state index contributed by atoms with van der Waals surface area (Å²) in [6.07, 6.45) is 0. The van der Waals surface area contributed by atoms with Crippen LogP contribution in [-0.4, -0.2) is 38.9 Å². The zero-order chi connectivity index (χ0) is 16.0. The largest absolute Gasteiger partial charge is 0.341 e. The minimum absolute atomic E-state index is 0.00198. The number of hydrogen-bond acceptors (Lipinski definition) is 3. The summed E-state index contributed by atoms with van der Waals surface area (Å²) in [4.78, 5) is 13.0. The van der Waals surface area contributed by atoms with Crippen molar-refractivity contribution in [2.75, 3.05) is 19.6 Å². The summed E-state index contributed by atoms with van der Waals surface area (Å²) in [6, 6.07) is 4.59. The molecule has 0 spiro atoms. The predicted molar refractivity (Wildman–Crippen MR) is 78.7 cm³/mol. The van der Waals surface area contributed by atoms with Crippen molar-refractivity contribution in [3.8, 4) is 0 Å². The van der Waals surface area contributed by atoms with E-state index in [1.54, 1.807) is 4.90 Å². The van der Waals surface area contributed by atoms with Gasteiger partial charge in [0, 0.05) is 26.6 Å². The average Bonchev–Trinajstić information content (AvgIpc) is 2.37. The van der Waals surface area contributed by atoms with Crippen molar-refractivity contribution in [2.24, 2.45) is 5.92 Å². The van der Waals surface area contributed by atoms with E-state index >= 15 is 0 Å². The number of benzene rings is 1. The van der Waals surface area contributed by atoms with Crippen molar-refractivity contribution in [3.05, 3.63) is 30.1 Å². The van der Waals surface area contributed by atoms with Gasteiger partial charge in [-0.2, -0.15) is 0 Å². The normalized spacial score (nSPS) is 11.7. The smallest absolute Gasteiger partial charge is 0.240 e. The molecule has 21 heavy (non-hydrogen) atoms. The molecule has 1 aromatic carbocycles. The lowest BCUT2D eigenvalue weighted by Crippen LogP contribution is -2.39. The molecule has 0 aliphatic rings. The van der Waals surface area contributed by atoms with E-state index in [4.69, 9.17) is 0 Å². The van der Waals surface area contributed by atoms with Gasteiger partial charge in [-0.25, -0.2) is 17.5 Å². The van der Waals surface area contributed by atoms with Crippen LogP contribution in [-0.2, 0) is 14.8 Å². The summed E-state index contributed by atoms with van der Waals surface area (Å²) >= 11 is 0. The van der Waals surface area contributed by atoms with Crippen LogP contribution in [0.5, 0.6) is 0 Å². The number of nitrogens with one attached hydrogen (secondary N) is 1. The molecule has 0 unspecified atom stereocenters. The van der Waals surface area contributed by atoms with Crippen molar-refractivity contribution in [2.45, 2.75) is 25.7 Å². The molecule has 7 heteroatoms. The van der Waals surface area contributed by atoms with Crippen molar-refractivity contribution < 1.29 is 17.6 Å². The van der Waals surface area contributed by atoms with Gasteiger partial charge < -0.3 is 4.90 Å². The standard InChI is InChI=1S/C14H21FN2O3S/c1-11(2)10-17(12(3)18)9-8-16-21(19,20)14-6-4-13(15)5-7-14/h4-7,11,16H,8-10H2,1-3H3. The molecular formula is C14H21FN2O3S. The van der Waals surface area contributed by atoms with Crippen LogP contribution in [0.4, 0.5) is 4.39 Å². The molecule has 0 saturated carbocycles. The summed E-state index contributed by atoms with van der Waals surface area (Å²) in [7, 11) is -3.68. The molecule has 118 valence electrons. The van der Waals surface area contributed by atoms with Crippen LogP contribution in [0.3, 0.4) is 0 Å². The lowest BCUT2D eigenvalue weighted by Gasteiger charge is -2.23. The molecule has 0 aliphatic heterocycles. The third-order valence-corrected chi connectivity index (χ3v) is 4.31. The second-order valence-corrected chi connectivity index (χ2v) is 6.98. The molecule has 0 radical (unpaired) electrons. The van der Waals surface area contributed by atoms with E-state index in [2.05, 4.69) is 4.72 Å². The number of halogens is 1. The summed E-state index contributed by atoms with van der Waals surface area (Å²) in [5, 5.41) is 0. The number of hydrogen-bond donors (Lipinski definition) is 1. The molecule has 0 aromatic heterocycles. The first-order chi connectivity index (χ1) is 9.72. The Morgan fingerprint density at radius 1 is 1.29 bits per heavy atom. The van der Waals surface area contributed by atoms with Gasteiger partial charge in [-0.1, -0.05) is 13.8 Å². The molecule has 0 atom stereocenters. The highest BCUT2D eigenvalue weighted by Crippen LogP contribution is 2.09. The van der Waals surface area contributed by atoms with Gasteiger partial charge in [0.2, 0.25) is 15.9 Å². The Labute approximate surface area is 125 Å². The molecule has 0 fully saturated rings. The fourth-order valence-corrected chi connectivity index (χ4v) is 2.85. The van der Waals surface area contributed by atoms with Gasteiger partial charge in [-0.15, -0.1) is 0 Å². The van der Waals surface area contributed by atoms with E-state index in [9.17, 15) is 17.6 Å². The minimum atomic E-state index is -3.68. The molecule has 0 saturated heterocycles. The number of carbonyl (C=O) groups excluding carboxylic acids is 1. The molecule has 0 aliphatic carbocycles. The molecule has 5 nitrogen and oxygen atoms in total. The summed E-state index contributed by atoms with van der Waals surface area (Å²) in [5.74, 6) is -0.277. The number of sulfonamides is 1. The lowest BCUT2D eigenvalue weighted by molar-refractivity contribution is -0.129. The maximum atomic E-state index is 12.8. The minimum Gasteiger partial charge on any atom is -0.341 e. The summed E-state index contributed by atoms with van der Waals surface area (Å²) in [6.45, 7) is 6.42. The maximum absolute atomic E-state index is 12.8. The highest BCUT2D eigenvalue weighted by Gasteiger charge is 2.15. The van der Waals surface area contributed by atoms with Crippen LogP contribution >= 0.6 is 0 Å². The van der Waals surface area contributed by atoms with Gasteiger partial charge in [0.1, 0.15) is 5.82 Å². The molecule has 1 amide bonds. The zero-order valence-electron chi connectivity index (χ0n) is 12.5. The molecular weight excluding hydrogens is 295 g/mol. The molecule has 1 N–H and O–H groups in total. The molecule has 0 heterocycles.